The lowest BCUT2D eigenvalue weighted by atomic mass is 10.2. The number of carbonyl (C=O) groups excluding carboxylic acids is 1. The SMILES string of the molecule is COc1ccc(C(=O)NC(CF)C(=O)O)cc1F. The molecule has 0 aliphatic carbocycles. The molecule has 1 unspecified atom stereocenters. The minimum atomic E-state index is -1.65. The van der Waals surface area contributed by atoms with Crippen molar-refractivity contribution >= 4 is 11.9 Å². The van der Waals surface area contributed by atoms with Crippen LogP contribution in [0.1, 0.15) is 10.4 Å². The number of hydrogen-bond acceptors (Lipinski definition) is 3. The Balaban J connectivity index is 2.84. The summed E-state index contributed by atoms with van der Waals surface area (Å²) >= 11 is 0. The quantitative estimate of drug-likeness (QED) is 0.826. The third-order valence-corrected chi connectivity index (χ3v) is 2.17. The molecule has 1 atom stereocenters. The Morgan fingerprint density at radius 3 is 2.61 bits per heavy atom. The van der Waals surface area contributed by atoms with Crippen molar-refractivity contribution in [1.82, 2.24) is 5.32 Å². The first kappa shape index (κ1) is 13.9. The molecule has 7 heteroatoms. The van der Waals surface area contributed by atoms with Crippen LogP contribution in [0.25, 0.3) is 0 Å². The van der Waals surface area contributed by atoms with Gasteiger partial charge in [0, 0.05) is 5.56 Å². The Bertz CT molecular complexity index is 464. The molecule has 1 aromatic rings. The maximum atomic E-state index is 13.3. The Kier molecular flexibility index (Phi) is 4.59. The smallest absolute Gasteiger partial charge is 0.328 e. The number of alkyl halides is 1. The van der Waals surface area contributed by atoms with Gasteiger partial charge in [0.05, 0.1) is 7.11 Å². The Morgan fingerprint density at radius 1 is 1.50 bits per heavy atom. The van der Waals surface area contributed by atoms with Gasteiger partial charge in [-0.15, -0.1) is 0 Å². The number of halogens is 2. The molecular weight excluding hydrogens is 248 g/mol. The van der Waals surface area contributed by atoms with E-state index in [-0.39, 0.29) is 11.3 Å². The summed E-state index contributed by atoms with van der Waals surface area (Å²) in [5, 5.41) is 10.5. The minimum absolute atomic E-state index is 0.0492. The molecule has 1 rings (SSSR count). The van der Waals surface area contributed by atoms with Gasteiger partial charge < -0.3 is 15.2 Å². The zero-order valence-corrected chi connectivity index (χ0v) is 9.44. The Hall–Kier alpha value is -2.18. The molecule has 0 bridgehead atoms. The molecule has 5 nitrogen and oxygen atoms in total. The lowest BCUT2D eigenvalue weighted by Crippen LogP contribution is -2.42. The number of benzene rings is 1. The Morgan fingerprint density at radius 2 is 2.17 bits per heavy atom. The van der Waals surface area contributed by atoms with Crippen LogP contribution in [0.4, 0.5) is 8.78 Å². The fourth-order valence-corrected chi connectivity index (χ4v) is 1.22. The fourth-order valence-electron chi connectivity index (χ4n) is 1.22. The molecule has 1 amide bonds. The van der Waals surface area contributed by atoms with Crippen LogP contribution in [0.3, 0.4) is 0 Å². The third kappa shape index (κ3) is 3.16. The minimum Gasteiger partial charge on any atom is -0.494 e. The van der Waals surface area contributed by atoms with E-state index < -0.39 is 30.4 Å². The van der Waals surface area contributed by atoms with Crippen LogP contribution in [0.5, 0.6) is 5.75 Å². The molecule has 1 aromatic carbocycles. The van der Waals surface area contributed by atoms with Crippen molar-refractivity contribution in [3.63, 3.8) is 0 Å². The monoisotopic (exact) mass is 259 g/mol. The average Bonchev–Trinajstić information content (AvgIpc) is 2.35. The van der Waals surface area contributed by atoms with Gasteiger partial charge in [-0.25, -0.2) is 13.6 Å². The number of carboxylic acid groups (broad SMARTS) is 1. The first-order valence-electron chi connectivity index (χ1n) is 4.92. The number of nitrogens with one attached hydrogen (secondary N) is 1. The molecule has 0 fully saturated rings. The number of hydrogen-bond donors (Lipinski definition) is 2. The molecule has 2 N–H and O–H groups in total. The van der Waals surface area contributed by atoms with Gasteiger partial charge in [-0.05, 0) is 18.2 Å². The number of ether oxygens (including phenoxy) is 1. The molecular formula is C11H11F2NO4. The summed E-state index contributed by atoms with van der Waals surface area (Å²) in [5.74, 6) is -3.19. The highest BCUT2D eigenvalue weighted by atomic mass is 19.1. The van der Waals surface area contributed by atoms with Gasteiger partial charge in [0.1, 0.15) is 6.67 Å². The van der Waals surface area contributed by atoms with Crippen LogP contribution in [-0.4, -0.2) is 36.8 Å². The number of carbonyl (C=O) groups is 2. The maximum Gasteiger partial charge on any atom is 0.328 e. The lowest BCUT2D eigenvalue weighted by Gasteiger charge is -2.11. The largest absolute Gasteiger partial charge is 0.494 e. The van der Waals surface area contributed by atoms with E-state index in [9.17, 15) is 18.4 Å². The number of rotatable bonds is 5. The molecule has 0 heterocycles. The van der Waals surface area contributed by atoms with Crippen LogP contribution in [0.2, 0.25) is 0 Å². The van der Waals surface area contributed by atoms with E-state index in [0.717, 1.165) is 6.07 Å². The lowest BCUT2D eigenvalue weighted by molar-refractivity contribution is -0.139. The number of aliphatic carboxylic acids is 1. The van der Waals surface area contributed by atoms with Crippen LogP contribution in [-0.2, 0) is 4.79 Å². The number of carboxylic acids is 1. The van der Waals surface area contributed by atoms with Gasteiger partial charge in [0.15, 0.2) is 17.6 Å². The normalized spacial score (nSPS) is 11.7. The summed E-state index contributed by atoms with van der Waals surface area (Å²) in [6, 6.07) is 1.69. The van der Waals surface area contributed by atoms with Crippen molar-refractivity contribution in [2.75, 3.05) is 13.8 Å². The Labute approximate surface area is 101 Å². The molecule has 0 saturated heterocycles. The van der Waals surface area contributed by atoms with Gasteiger partial charge >= 0.3 is 5.97 Å². The second kappa shape index (κ2) is 5.95. The van der Waals surface area contributed by atoms with Crippen LogP contribution in [0, 0.1) is 5.82 Å². The molecule has 0 aliphatic heterocycles. The van der Waals surface area contributed by atoms with E-state index in [1.165, 1.54) is 19.2 Å². The van der Waals surface area contributed by atoms with Gasteiger partial charge in [0.25, 0.3) is 5.91 Å². The van der Waals surface area contributed by atoms with Gasteiger partial charge in [0.2, 0.25) is 0 Å². The predicted octanol–water partition coefficient (Wildman–Crippen LogP) is 0.987. The topological polar surface area (TPSA) is 75.6 Å². The summed E-state index contributed by atoms with van der Waals surface area (Å²) in [6.07, 6.45) is 0. The molecule has 0 aliphatic rings. The molecule has 98 valence electrons. The van der Waals surface area contributed by atoms with Gasteiger partial charge in [-0.3, -0.25) is 4.79 Å². The standard InChI is InChI=1S/C11H11F2NO4/c1-18-9-3-2-6(4-7(9)13)10(15)14-8(5-12)11(16)17/h2-4,8H,5H2,1H3,(H,14,15)(H,16,17). The van der Waals surface area contributed by atoms with Crippen LogP contribution >= 0.6 is 0 Å². The van der Waals surface area contributed by atoms with E-state index in [2.05, 4.69) is 4.74 Å². The van der Waals surface area contributed by atoms with Crippen molar-refractivity contribution < 1.29 is 28.2 Å². The molecule has 0 saturated carbocycles. The summed E-state index contributed by atoms with van der Waals surface area (Å²) in [4.78, 5) is 22.0. The van der Waals surface area contributed by atoms with Gasteiger partial charge in [-0.2, -0.15) is 0 Å². The van der Waals surface area contributed by atoms with Crippen molar-refractivity contribution in [3.05, 3.63) is 29.6 Å². The van der Waals surface area contributed by atoms with Gasteiger partial charge in [-0.1, -0.05) is 0 Å². The first-order chi connectivity index (χ1) is 8.49. The summed E-state index contributed by atoms with van der Waals surface area (Å²) in [5.41, 5.74) is -0.118. The van der Waals surface area contributed by atoms with Crippen molar-refractivity contribution in [1.29, 1.82) is 0 Å². The summed E-state index contributed by atoms with van der Waals surface area (Å²) in [7, 11) is 1.27. The second-order valence-electron chi connectivity index (χ2n) is 3.37. The van der Waals surface area contributed by atoms with Crippen molar-refractivity contribution in [2.45, 2.75) is 6.04 Å². The maximum absolute atomic E-state index is 13.3. The molecule has 0 radical (unpaired) electrons. The average molecular weight is 259 g/mol. The van der Waals surface area contributed by atoms with Crippen molar-refractivity contribution in [2.24, 2.45) is 0 Å². The van der Waals surface area contributed by atoms with E-state index in [1.807, 2.05) is 5.32 Å². The van der Waals surface area contributed by atoms with Crippen LogP contribution < -0.4 is 10.1 Å². The number of amides is 1. The summed E-state index contributed by atoms with van der Waals surface area (Å²) in [6.45, 7) is -1.25. The number of methoxy groups -OCH3 is 1. The van der Waals surface area contributed by atoms with E-state index in [1.54, 1.807) is 0 Å². The highest BCUT2D eigenvalue weighted by Gasteiger charge is 2.20. The highest BCUT2D eigenvalue weighted by Crippen LogP contribution is 2.17. The zero-order chi connectivity index (χ0) is 13.7. The zero-order valence-electron chi connectivity index (χ0n) is 9.44. The highest BCUT2D eigenvalue weighted by molar-refractivity contribution is 5.96. The molecule has 0 spiro atoms. The molecule has 0 aromatic heterocycles. The van der Waals surface area contributed by atoms with E-state index in [4.69, 9.17) is 5.11 Å². The van der Waals surface area contributed by atoms with Crippen molar-refractivity contribution in [3.8, 4) is 5.75 Å². The summed E-state index contributed by atoms with van der Waals surface area (Å²) < 4.78 is 30.2. The first-order valence-corrected chi connectivity index (χ1v) is 4.92. The third-order valence-electron chi connectivity index (χ3n) is 2.17. The van der Waals surface area contributed by atoms with E-state index in [0.29, 0.717) is 0 Å². The molecule has 18 heavy (non-hydrogen) atoms. The predicted molar refractivity (Wildman–Crippen MR) is 57.8 cm³/mol. The fraction of sp³-hybridized carbons (Fsp3) is 0.273. The van der Waals surface area contributed by atoms with Crippen LogP contribution in [0.15, 0.2) is 18.2 Å². The second-order valence-corrected chi connectivity index (χ2v) is 3.37. The van der Waals surface area contributed by atoms with E-state index >= 15 is 0 Å².